The van der Waals surface area contributed by atoms with Crippen LogP contribution in [0.1, 0.15) is 20.9 Å². The number of anilines is 1. The Hall–Kier alpha value is -3.50. The van der Waals surface area contributed by atoms with Gasteiger partial charge in [-0.1, -0.05) is 24.3 Å². The van der Waals surface area contributed by atoms with Crippen LogP contribution in [0.15, 0.2) is 53.4 Å². The molecule has 0 fully saturated rings. The van der Waals surface area contributed by atoms with Crippen LogP contribution in [0.5, 0.6) is 0 Å². The second kappa shape index (κ2) is 9.11. The summed E-state index contributed by atoms with van der Waals surface area (Å²) in [4.78, 5) is 42.0. The number of aromatic nitrogens is 2. The molecule has 0 bridgehead atoms. The molecule has 4 rings (SSSR count). The fourth-order valence-corrected chi connectivity index (χ4v) is 4.54. The molecule has 0 aliphatic heterocycles. The quantitative estimate of drug-likeness (QED) is 0.391. The van der Waals surface area contributed by atoms with Gasteiger partial charge in [0.1, 0.15) is 0 Å². The Bertz CT molecular complexity index is 1240. The molecule has 0 atom stereocenters. The number of amides is 3. The van der Waals surface area contributed by atoms with E-state index in [1.165, 1.54) is 22.7 Å². The van der Waals surface area contributed by atoms with Crippen molar-refractivity contribution in [2.75, 3.05) is 5.32 Å². The van der Waals surface area contributed by atoms with Crippen LogP contribution in [0.25, 0.3) is 10.9 Å². The molecule has 3 N–H and O–H groups in total. The zero-order valence-electron chi connectivity index (χ0n) is 16.5. The van der Waals surface area contributed by atoms with E-state index in [-0.39, 0.29) is 18.7 Å². The minimum atomic E-state index is -0.407. The van der Waals surface area contributed by atoms with Gasteiger partial charge in [0.15, 0.2) is 5.13 Å². The number of hydrogen-bond acceptors (Lipinski definition) is 6. The van der Waals surface area contributed by atoms with Crippen molar-refractivity contribution in [3.8, 4) is 0 Å². The molecule has 3 heterocycles. The summed E-state index contributed by atoms with van der Waals surface area (Å²) in [6, 6.07) is 11.3. The summed E-state index contributed by atoms with van der Waals surface area (Å²) in [5.74, 6) is -0.963. The summed E-state index contributed by atoms with van der Waals surface area (Å²) < 4.78 is 1.86. The van der Waals surface area contributed by atoms with E-state index in [0.717, 1.165) is 15.8 Å². The van der Waals surface area contributed by atoms with Crippen LogP contribution in [-0.2, 0) is 29.5 Å². The van der Waals surface area contributed by atoms with Crippen molar-refractivity contribution in [2.24, 2.45) is 7.05 Å². The van der Waals surface area contributed by atoms with Gasteiger partial charge in [-0.3, -0.25) is 25.2 Å². The van der Waals surface area contributed by atoms with E-state index in [1.807, 2.05) is 53.4 Å². The van der Waals surface area contributed by atoms with E-state index in [4.69, 9.17) is 0 Å². The summed E-state index contributed by atoms with van der Waals surface area (Å²) >= 11 is 2.76. The Balaban J connectivity index is 1.29. The van der Waals surface area contributed by atoms with Gasteiger partial charge in [-0.2, -0.15) is 0 Å². The van der Waals surface area contributed by atoms with Gasteiger partial charge in [0.25, 0.3) is 5.91 Å². The molecule has 3 aromatic heterocycles. The summed E-state index contributed by atoms with van der Waals surface area (Å²) in [6.45, 7) is 0. The second-order valence-electron chi connectivity index (χ2n) is 6.80. The Morgan fingerprint density at radius 3 is 2.65 bits per heavy atom. The van der Waals surface area contributed by atoms with E-state index in [9.17, 15) is 14.4 Å². The molecule has 3 amide bonds. The molecule has 4 aromatic rings. The summed E-state index contributed by atoms with van der Waals surface area (Å²) in [6.07, 6.45) is 1.98. The van der Waals surface area contributed by atoms with Gasteiger partial charge in [0, 0.05) is 34.4 Å². The molecular formula is C21H19N5O3S2. The van der Waals surface area contributed by atoms with Crippen LogP contribution in [0.4, 0.5) is 5.13 Å². The minimum Gasteiger partial charge on any atom is -0.350 e. The lowest BCUT2D eigenvalue weighted by Gasteiger charge is -2.06. The van der Waals surface area contributed by atoms with Crippen molar-refractivity contribution in [3.63, 3.8) is 0 Å². The van der Waals surface area contributed by atoms with E-state index < -0.39 is 11.8 Å². The molecule has 10 heteroatoms. The highest BCUT2D eigenvalue weighted by atomic mass is 32.1. The van der Waals surface area contributed by atoms with Gasteiger partial charge in [-0.15, -0.1) is 22.7 Å². The fourth-order valence-electron chi connectivity index (χ4n) is 3.11. The van der Waals surface area contributed by atoms with Gasteiger partial charge in [-0.05, 0) is 17.5 Å². The zero-order chi connectivity index (χ0) is 21.8. The predicted molar refractivity (Wildman–Crippen MR) is 121 cm³/mol. The van der Waals surface area contributed by atoms with Gasteiger partial charge < -0.3 is 9.88 Å². The molecule has 0 aliphatic carbocycles. The first-order valence-corrected chi connectivity index (χ1v) is 11.2. The third-order valence-corrected chi connectivity index (χ3v) is 6.19. The monoisotopic (exact) mass is 453 g/mol. The number of fused-ring (bicyclic) bond motifs is 1. The van der Waals surface area contributed by atoms with Gasteiger partial charge in [-0.25, -0.2) is 4.98 Å². The van der Waals surface area contributed by atoms with Gasteiger partial charge >= 0.3 is 0 Å². The number of benzene rings is 1. The molecule has 8 nitrogen and oxygen atoms in total. The Kier molecular flexibility index (Phi) is 6.10. The molecule has 0 saturated carbocycles. The molecule has 0 saturated heterocycles. The Morgan fingerprint density at radius 2 is 1.84 bits per heavy atom. The highest BCUT2D eigenvalue weighted by Crippen LogP contribution is 2.20. The number of carbonyl (C=O) groups is 3. The SMILES string of the molecule is Cn1cc(C(=O)NNC(=O)Cc2csc(NC(=O)Cc3cccs3)n2)c2ccccc21. The van der Waals surface area contributed by atoms with Crippen molar-refractivity contribution >= 4 is 56.4 Å². The molecule has 0 aliphatic rings. The largest absolute Gasteiger partial charge is 0.350 e. The van der Waals surface area contributed by atoms with Crippen molar-refractivity contribution < 1.29 is 14.4 Å². The standard InChI is InChI=1S/C21H19N5O3S2/c1-26-11-16(15-6-2-3-7-17(15)26)20(29)25-24-19(28)9-13-12-31-21(22-13)23-18(27)10-14-5-4-8-30-14/h2-8,11-12H,9-10H2,1H3,(H,24,28)(H,25,29)(H,22,23,27). The first-order chi connectivity index (χ1) is 15.0. The lowest BCUT2D eigenvalue weighted by Crippen LogP contribution is -2.42. The smallest absolute Gasteiger partial charge is 0.271 e. The number of hydrogen-bond donors (Lipinski definition) is 3. The zero-order valence-corrected chi connectivity index (χ0v) is 18.2. The molecule has 158 valence electrons. The molecule has 1 aromatic carbocycles. The highest BCUT2D eigenvalue weighted by molar-refractivity contribution is 7.14. The number of carbonyl (C=O) groups excluding carboxylic acids is 3. The maximum atomic E-state index is 12.5. The van der Waals surface area contributed by atoms with Crippen LogP contribution in [0.2, 0.25) is 0 Å². The lowest BCUT2D eigenvalue weighted by molar-refractivity contribution is -0.121. The molecular weight excluding hydrogens is 434 g/mol. The van der Waals surface area contributed by atoms with Crippen LogP contribution < -0.4 is 16.2 Å². The van der Waals surface area contributed by atoms with Gasteiger partial charge in [0.2, 0.25) is 11.8 Å². The molecule has 0 spiro atoms. The van der Waals surface area contributed by atoms with Crippen LogP contribution >= 0.6 is 22.7 Å². The number of thiophene rings is 1. The van der Waals surface area contributed by atoms with Crippen molar-refractivity contribution in [3.05, 3.63) is 69.5 Å². The molecule has 31 heavy (non-hydrogen) atoms. The number of aryl methyl sites for hydroxylation is 1. The number of nitrogens with zero attached hydrogens (tertiary/aromatic N) is 2. The van der Waals surface area contributed by atoms with Gasteiger partial charge in [0.05, 0.1) is 24.1 Å². The topological polar surface area (TPSA) is 105 Å². The normalized spacial score (nSPS) is 10.7. The average Bonchev–Trinajstić information content (AvgIpc) is 3.48. The van der Waals surface area contributed by atoms with Crippen molar-refractivity contribution in [2.45, 2.75) is 12.8 Å². The van der Waals surface area contributed by atoms with Crippen molar-refractivity contribution in [1.29, 1.82) is 0 Å². The predicted octanol–water partition coefficient (Wildman–Crippen LogP) is 2.88. The van der Waals surface area contributed by atoms with E-state index in [1.54, 1.807) is 11.6 Å². The lowest BCUT2D eigenvalue weighted by atomic mass is 10.2. The maximum Gasteiger partial charge on any atom is 0.271 e. The second-order valence-corrected chi connectivity index (χ2v) is 8.69. The van der Waals surface area contributed by atoms with E-state index in [2.05, 4.69) is 21.2 Å². The third-order valence-electron chi connectivity index (χ3n) is 4.51. The molecule has 0 radical (unpaired) electrons. The first kappa shape index (κ1) is 20.8. The van der Waals surface area contributed by atoms with Crippen LogP contribution in [0.3, 0.4) is 0 Å². The van der Waals surface area contributed by atoms with E-state index in [0.29, 0.717) is 16.4 Å². The third kappa shape index (κ3) is 4.98. The summed E-state index contributed by atoms with van der Waals surface area (Å²) in [5, 5.41) is 7.60. The fraction of sp³-hybridized carbons (Fsp3) is 0.143. The van der Waals surface area contributed by atoms with Crippen LogP contribution in [0, 0.1) is 0 Å². The maximum absolute atomic E-state index is 12.5. The summed E-state index contributed by atoms with van der Waals surface area (Å²) in [5.41, 5.74) is 6.77. The minimum absolute atomic E-state index is 0.0207. The summed E-state index contributed by atoms with van der Waals surface area (Å²) in [7, 11) is 1.86. The highest BCUT2D eigenvalue weighted by Gasteiger charge is 2.15. The Labute approximate surface area is 185 Å². The Morgan fingerprint density at radius 1 is 1.00 bits per heavy atom. The number of para-hydroxylation sites is 1. The number of hydrazine groups is 1. The van der Waals surface area contributed by atoms with Crippen molar-refractivity contribution in [1.82, 2.24) is 20.4 Å². The number of rotatable bonds is 6. The average molecular weight is 454 g/mol. The number of thiazole rings is 1. The first-order valence-electron chi connectivity index (χ1n) is 9.39. The number of nitrogens with one attached hydrogen (secondary N) is 3. The van der Waals surface area contributed by atoms with E-state index >= 15 is 0 Å². The molecule has 0 unspecified atom stereocenters. The van der Waals surface area contributed by atoms with Crippen LogP contribution in [-0.4, -0.2) is 27.3 Å².